The topological polar surface area (TPSA) is 26.3 Å². The first kappa shape index (κ1) is 13.3. The van der Waals surface area contributed by atoms with Crippen LogP contribution >= 0.6 is 0 Å². The van der Waals surface area contributed by atoms with Gasteiger partial charge < -0.3 is 4.74 Å². The fraction of sp³-hybridized carbons (Fsp3) is 0.188. The van der Waals surface area contributed by atoms with Crippen LogP contribution in [-0.4, -0.2) is 13.1 Å². The summed E-state index contributed by atoms with van der Waals surface area (Å²) in [6.07, 6.45) is 0.847. The molecule has 2 nitrogen and oxygen atoms in total. The van der Waals surface area contributed by atoms with Gasteiger partial charge in [0.25, 0.3) is 0 Å². The molecule has 0 fully saturated rings. The van der Waals surface area contributed by atoms with Crippen molar-refractivity contribution in [2.45, 2.75) is 13.3 Å². The van der Waals surface area contributed by atoms with Crippen LogP contribution < -0.4 is 0 Å². The van der Waals surface area contributed by atoms with E-state index >= 15 is 0 Å². The highest BCUT2D eigenvalue weighted by Gasteiger charge is 2.11. The Morgan fingerprint density at radius 1 is 1.21 bits per heavy atom. The van der Waals surface area contributed by atoms with Crippen molar-refractivity contribution in [1.82, 2.24) is 0 Å². The highest BCUT2D eigenvalue weighted by atomic mass is 19.1. The van der Waals surface area contributed by atoms with Crippen molar-refractivity contribution in [3.05, 3.63) is 59.4 Å². The average molecular weight is 258 g/mol. The standard InChI is InChI=1S/C16H15FO2/c1-3-11-6-4-5-7-15(11)12-8-13(16(18)19-2)10-14(17)9-12/h4-10H,3H2,1-2H3. The molecule has 0 radical (unpaired) electrons. The number of esters is 1. The summed E-state index contributed by atoms with van der Waals surface area (Å²) in [4.78, 5) is 11.5. The molecule has 19 heavy (non-hydrogen) atoms. The molecule has 0 heterocycles. The summed E-state index contributed by atoms with van der Waals surface area (Å²) >= 11 is 0. The molecule has 98 valence electrons. The number of benzene rings is 2. The van der Waals surface area contributed by atoms with Crippen molar-refractivity contribution in [2.75, 3.05) is 7.11 Å². The fourth-order valence-corrected chi connectivity index (χ4v) is 2.09. The Hall–Kier alpha value is -2.16. The van der Waals surface area contributed by atoms with Crippen molar-refractivity contribution in [3.8, 4) is 11.1 Å². The predicted molar refractivity (Wildman–Crippen MR) is 72.6 cm³/mol. The zero-order valence-electron chi connectivity index (χ0n) is 10.9. The molecule has 0 aliphatic carbocycles. The third-order valence-electron chi connectivity index (χ3n) is 3.03. The van der Waals surface area contributed by atoms with Crippen LogP contribution in [0.5, 0.6) is 0 Å². The van der Waals surface area contributed by atoms with E-state index in [1.54, 1.807) is 6.07 Å². The summed E-state index contributed by atoms with van der Waals surface area (Å²) in [6.45, 7) is 2.04. The zero-order chi connectivity index (χ0) is 13.8. The number of aryl methyl sites for hydroxylation is 1. The minimum absolute atomic E-state index is 0.225. The van der Waals surface area contributed by atoms with Gasteiger partial charge >= 0.3 is 5.97 Å². The number of hydrogen-bond donors (Lipinski definition) is 0. The van der Waals surface area contributed by atoms with Gasteiger partial charge in [-0.3, -0.25) is 0 Å². The number of halogens is 1. The highest BCUT2D eigenvalue weighted by molar-refractivity contribution is 5.91. The van der Waals surface area contributed by atoms with Crippen LogP contribution in [0.2, 0.25) is 0 Å². The normalized spacial score (nSPS) is 10.3. The number of ether oxygens (including phenoxy) is 1. The molecule has 0 amide bonds. The zero-order valence-corrected chi connectivity index (χ0v) is 10.9. The molecule has 2 aromatic rings. The SMILES string of the molecule is CCc1ccccc1-c1cc(F)cc(C(=O)OC)c1. The molecule has 0 aliphatic heterocycles. The minimum Gasteiger partial charge on any atom is -0.465 e. The second-order valence-electron chi connectivity index (χ2n) is 4.23. The molecule has 0 aromatic heterocycles. The lowest BCUT2D eigenvalue weighted by atomic mass is 9.96. The molecule has 0 aliphatic rings. The summed E-state index contributed by atoms with van der Waals surface area (Å²) in [5, 5.41) is 0. The van der Waals surface area contributed by atoms with Gasteiger partial charge in [-0.15, -0.1) is 0 Å². The number of hydrogen-bond acceptors (Lipinski definition) is 2. The van der Waals surface area contributed by atoms with Gasteiger partial charge in [-0.2, -0.15) is 0 Å². The van der Waals surface area contributed by atoms with Gasteiger partial charge in [0, 0.05) is 0 Å². The van der Waals surface area contributed by atoms with Crippen LogP contribution in [0.3, 0.4) is 0 Å². The third kappa shape index (κ3) is 2.81. The predicted octanol–water partition coefficient (Wildman–Crippen LogP) is 3.84. The Bertz CT molecular complexity index is 605. The molecule has 0 bridgehead atoms. The van der Waals surface area contributed by atoms with Gasteiger partial charge in [-0.25, -0.2) is 9.18 Å². The summed E-state index contributed by atoms with van der Waals surface area (Å²) < 4.78 is 18.3. The van der Waals surface area contributed by atoms with Gasteiger partial charge in [-0.05, 0) is 41.3 Å². The average Bonchev–Trinajstić information content (AvgIpc) is 2.45. The van der Waals surface area contributed by atoms with E-state index in [4.69, 9.17) is 0 Å². The van der Waals surface area contributed by atoms with E-state index in [-0.39, 0.29) is 5.56 Å². The maximum absolute atomic E-state index is 13.6. The van der Waals surface area contributed by atoms with E-state index in [0.29, 0.717) is 5.56 Å². The number of carbonyl (C=O) groups is 1. The minimum atomic E-state index is -0.533. The Morgan fingerprint density at radius 3 is 2.63 bits per heavy atom. The van der Waals surface area contributed by atoms with Crippen molar-refractivity contribution < 1.29 is 13.9 Å². The molecular weight excluding hydrogens is 243 g/mol. The largest absolute Gasteiger partial charge is 0.465 e. The lowest BCUT2D eigenvalue weighted by molar-refractivity contribution is 0.0600. The van der Waals surface area contributed by atoms with Crippen LogP contribution in [0.1, 0.15) is 22.8 Å². The first-order chi connectivity index (χ1) is 9.15. The molecule has 0 N–H and O–H groups in total. The third-order valence-corrected chi connectivity index (χ3v) is 3.03. The molecule has 0 saturated heterocycles. The summed E-state index contributed by atoms with van der Waals surface area (Å²) in [7, 11) is 1.28. The van der Waals surface area contributed by atoms with E-state index in [1.807, 2.05) is 31.2 Å². The fourth-order valence-electron chi connectivity index (χ4n) is 2.09. The quantitative estimate of drug-likeness (QED) is 0.782. The Kier molecular flexibility index (Phi) is 3.95. The number of carbonyl (C=O) groups excluding carboxylic acids is 1. The maximum atomic E-state index is 13.6. The van der Waals surface area contributed by atoms with Crippen LogP contribution in [0.4, 0.5) is 4.39 Å². The van der Waals surface area contributed by atoms with Crippen molar-refractivity contribution >= 4 is 5.97 Å². The molecule has 0 atom stereocenters. The first-order valence-electron chi connectivity index (χ1n) is 6.13. The summed E-state index contributed by atoms with van der Waals surface area (Å²) in [6, 6.07) is 12.0. The van der Waals surface area contributed by atoms with Crippen molar-refractivity contribution in [2.24, 2.45) is 0 Å². The molecule has 2 rings (SSSR count). The van der Waals surface area contributed by atoms with Crippen molar-refractivity contribution in [1.29, 1.82) is 0 Å². The molecule has 0 saturated carbocycles. The van der Waals surface area contributed by atoms with Gasteiger partial charge in [0.05, 0.1) is 12.7 Å². The van der Waals surface area contributed by atoms with Gasteiger partial charge in [0.15, 0.2) is 0 Å². The van der Waals surface area contributed by atoms with Crippen LogP contribution in [0, 0.1) is 5.82 Å². The lowest BCUT2D eigenvalue weighted by Gasteiger charge is -2.09. The summed E-state index contributed by atoms with van der Waals surface area (Å²) in [5.41, 5.74) is 2.97. The Morgan fingerprint density at radius 2 is 1.95 bits per heavy atom. The van der Waals surface area contributed by atoms with E-state index in [9.17, 15) is 9.18 Å². The number of rotatable bonds is 3. The van der Waals surface area contributed by atoms with Gasteiger partial charge in [0.1, 0.15) is 5.82 Å². The highest BCUT2D eigenvalue weighted by Crippen LogP contribution is 2.26. The van der Waals surface area contributed by atoms with E-state index in [0.717, 1.165) is 17.5 Å². The van der Waals surface area contributed by atoms with Crippen LogP contribution in [0.25, 0.3) is 11.1 Å². The van der Waals surface area contributed by atoms with Crippen LogP contribution in [0.15, 0.2) is 42.5 Å². The first-order valence-corrected chi connectivity index (χ1v) is 6.13. The molecular formula is C16H15FO2. The molecule has 2 aromatic carbocycles. The monoisotopic (exact) mass is 258 g/mol. The van der Waals surface area contributed by atoms with E-state index in [2.05, 4.69) is 4.74 Å². The second kappa shape index (κ2) is 5.65. The lowest BCUT2D eigenvalue weighted by Crippen LogP contribution is -2.02. The van der Waals surface area contributed by atoms with E-state index < -0.39 is 11.8 Å². The Labute approximate surface area is 111 Å². The second-order valence-corrected chi connectivity index (χ2v) is 4.23. The van der Waals surface area contributed by atoms with Gasteiger partial charge in [-0.1, -0.05) is 31.2 Å². The van der Waals surface area contributed by atoms with Crippen LogP contribution in [-0.2, 0) is 11.2 Å². The smallest absolute Gasteiger partial charge is 0.337 e. The van der Waals surface area contributed by atoms with Crippen molar-refractivity contribution in [3.63, 3.8) is 0 Å². The van der Waals surface area contributed by atoms with E-state index in [1.165, 1.54) is 19.2 Å². The molecule has 0 spiro atoms. The number of methoxy groups -OCH3 is 1. The van der Waals surface area contributed by atoms with Gasteiger partial charge in [0.2, 0.25) is 0 Å². The summed E-state index contributed by atoms with van der Waals surface area (Å²) in [5.74, 6) is -0.974. The molecule has 0 unspecified atom stereocenters. The maximum Gasteiger partial charge on any atom is 0.337 e. The molecule has 3 heteroatoms. The Balaban J connectivity index is 2.56.